The molecule has 3 heteroatoms. The Morgan fingerprint density at radius 2 is 1.68 bits per heavy atom. The van der Waals surface area contributed by atoms with Gasteiger partial charge in [-0.1, -0.05) is 29.3 Å². The number of carbonyl (C=O) groups excluding carboxylic acids is 1. The third-order valence-electron chi connectivity index (χ3n) is 2.79. The summed E-state index contributed by atoms with van der Waals surface area (Å²) >= 11 is 7.51. The normalized spacial score (nSPS) is 10.4. The van der Waals surface area contributed by atoms with Gasteiger partial charge in [-0.15, -0.1) is 11.8 Å². The smallest absolute Gasteiger partial charge is 0.163 e. The topological polar surface area (TPSA) is 17.1 Å². The van der Waals surface area contributed by atoms with E-state index in [0.29, 0.717) is 11.4 Å². The molecule has 0 aliphatic carbocycles. The Bertz CT molecular complexity index is 546. The van der Waals surface area contributed by atoms with E-state index >= 15 is 0 Å². The SMILES string of the molecule is Cc1ccc(SCCC(=O)c2ccc(Cl)cc2)cc1. The molecule has 0 heterocycles. The van der Waals surface area contributed by atoms with Gasteiger partial charge in [-0.3, -0.25) is 4.79 Å². The summed E-state index contributed by atoms with van der Waals surface area (Å²) in [4.78, 5) is 13.1. The molecule has 0 saturated carbocycles. The number of ketones is 1. The van der Waals surface area contributed by atoms with Crippen molar-refractivity contribution in [2.45, 2.75) is 18.2 Å². The number of hydrogen-bond donors (Lipinski definition) is 0. The molecule has 98 valence electrons. The monoisotopic (exact) mass is 290 g/mol. The molecule has 0 spiro atoms. The predicted molar refractivity (Wildman–Crippen MR) is 82.3 cm³/mol. The lowest BCUT2D eigenvalue weighted by atomic mass is 10.1. The van der Waals surface area contributed by atoms with Crippen LogP contribution in [0.5, 0.6) is 0 Å². The molecule has 0 bridgehead atoms. The molecule has 2 rings (SSSR count). The summed E-state index contributed by atoms with van der Waals surface area (Å²) < 4.78 is 0. The molecule has 0 saturated heterocycles. The van der Waals surface area contributed by atoms with Crippen LogP contribution in [-0.2, 0) is 0 Å². The maximum absolute atomic E-state index is 11.9. The van der Waals surface area contributed by atoms with Crippen molar-refractivity contribution in [3.8, 4) is 0 Å². The molecule has 19 heavy (non-hydrogen) atoms. The minimum absolute atomic E-state index is 0.163. The van der Waals surface area contributed by atoms with Crippen LogP contribution in [0.2, 0.25) is 5.02 Å². The van der Waals surface area contributed by atoms with E-state index in [2.05, 4.69) is 31.2 Å². The zero-order chi connectivity index (χ0) is 13.7. The summed E-state index contributed by atoms with van der Waals surface area (Å²) in [5.41, 5.74) is 1.98. The van der Waals surface area contributed by atoms with Crippen LogP contribution < -0.4 is 0 Å². The number of rotatable bonds is 5. The molecule has 0 atom stereocenters. The zero-order valence-corrected chi connectivity index (χ0v) is 12.3. The van der Waals surface area contributed by atoms with Crippen LogP contribution >= 0.6 is 23.4 Å². The quantitative estimate of drug-likeness (QED) is 0.568. The van der Waals surface area contributed by atoms with Crippen molar-refractivity contribution in [1.29, 1.82) is 0 Å². The van der Waals surface area contributed by atoms with Gasteiger partial charge in [0.05, 0.1) is 0 Å². The first kappa shape index (κ1) is 14.2. The molecule has 0 N–H and O–H groups in total. The van der Waals surface area contributed by atoms with E-state index in [9.17, 15) is 4.79 Å². The lowest BCUT2D eigenvalue weighted by molar-refractivity contribution is 0.0989. The minimum Gasteiger partial charge on any atom is -0.294 e. The number of Topliss-reactive ketones (excluding diaryl/α,β-unsaturated/α-hetero) is 1. The van der Waals surface area contributed by atoms with Crippen LogP contribution in [0, 0.1) is 6.92 Å². The summed E-state index contributed by atoms with van der Waals surface area (Å²) in [5.74, 6) is 0.959. The molecule has 0 aromatic heterocycles. The molecular weight excluding hydrogens is 276 g/mol. The van der Waals surface area contributed by atoms with E-state index in [1.165, 1.54) is 10.5 Å². The lowest BCUT2D eigenvalue weighted by Gasteiger charge is -2.03. The van der Waals surface area contributed by atoms with Crippen molar-refractivity contribution in [3.05, 3.63) is 64.7 Å². The van der Waals surface area contributed by atoms with Gasteiger partial charge in [0.1, 0.15) is 0 Å². The first-order chi connectivity index (χ1) is 9.15. The minimum atomic E-state index is 0.163. The molecule has 2 aromatic rings. The number of carbonyl (C=O) groups is 1. The standard InChI is InChI=1S/C16H15ClOS/c1-12-2-8-15(9-3-12)19-11-10-16(18)13-4-6-14(17)7-5-13/h2-9H,10-11H2,1H3. The van der Waals surface area contributed by atoms with E-state index in [1.807, 2.05) is 0 Å². The summed E-state index contributed by atoms with van der Waals surface area (Å²) in [6.07, 6.45) is 0.542. The van der Waals surface area contributed by atoms with E-state index in [-0.39, 0.29) is 5.78 Å². The molecule has 0 radical (unpaired) electrons. The summed E-state index contributed by atoms with van der Waals surface area (Å²) in [7, 11) is 0. The summed E-state index contributed by atoms with van der Waals surface area (Å²) in [5, 5.41) is 0.658. The van der Waals surface area contributed by atoms with E-state index in [0.717, 1.165) is 11.3 Å². The van der Waals surface area contributed by atoms with Crippen LogP contribution in [0.15, 0.2) is 53.4 Å². The van der Waals surface area contributed by atoms with Crippen molar-refractivity contribution < 1.29 is 4.79 Å². The van der Waals surface area contributed by atoms with Gasteiger partial charge in [0.15, 0.2) is 5.78 Å². The van der Waals surface area contributed by atoms with Gasteiger partial charge in [-0.25, -0.2) is 0 Å². The number of halogens is 1. The van der Waals surface area contributed by atoms with Gasteiger partial charge >= 0.3 is 0 Å². The molecule has 0 aliphatic rings. The third-order valence-corrected chi connectivity index (χ3v) is 4.05. The Morgan fingerprint density at radius 1 is 1.05 bits per heavy atom. The second-order valence-corrected chi connectivity index (χ2v) is 5.95. The first-order valence-electron chi connectivity index (χ1n) is 6.13. The second-order valence-electron chi connectivity index (χ2n) is 4.34. The van der Waals surface area contributed by atoms with Gasteiger partial charge in [0, 0.05) is 27.7 Å². The molecule has 0 unspecified atom stereocenters. The van der Waals surface area contributed by atoms with Crippen LogP contribution in [0.1, 0.15) is 22.3 Å². The Morgan fingerprint density at radius 3 is 2.32 bits per heavy atom. The predicted octanol–water partition coefficient (Wildman–Crippen LogP) is 5.01. The van der Waals surface area contributed by atoms with Crippen molar-refractivity contribution >= 4 is 29.1 Å². The largest absolute Gasteiger partial charge is 0.294 e. The first-order valence-corrected chi connectivity index (χ1v) is 7.50. The number of benzene rings is 2. The van der Waals surface area contributed by atoms with Gasteiger partial charge in [0.25, 0.3) is 0 Å². The maximum Gasteiger partial charge on any atom is 0.163 e. The Hall–Kier alpha value is -1.25. The number of aryl methyl sites for hydroxylation is 1. The van der Waals surface area contributed by atoms with Crippen molar-refractivity contribution in [3.63, 3.8) is 0 Å². The third kappa shape index (κ3) is 4.41. The fourth-order valence-corrected chi connectivity index (χ4v) is 2.65. The highest BCUT2D eigenvalue weighted by atomic mass is 35.5. The molecule has 0 fully saturated rings. The second kappa shape index (κ2) is 6.78. The Balaban J connectivity index is 1.84. The number of thioether (sulfide) groups is 1. The van der Waals surface area contributed by atoms with Gasteiger partial charge in [0.2, 0.25) is 0 Å². The van der Waals surface area contributed by atoms with Crippen LogP contribution in [0.3, 0.4) is 0 Å². The van der Waals surface area contributed by atoms with Crippen molar-refractivity contribution in [2.75, 3.05) is 5.75 Å². The highest BCUT2D eigenvalue weighted by molar-refractivity contribution is 7.99. The molecular formula is C16H15ClOS. The maximum atomic E-state index is 11.9. The highest BCUT2D eigenvalue weighted by Crippen LogP contribution is 2.20. The molecule has 0 aliphatic heterocycles. The van der Waals surface area contributed by atoms with Gasteiger partial charge in [-0.2, -0.15) is 0 Å². The van der Waals surface area contributed by atoms with Crippen molar-refractivity contribution in [1.82, 2.24) is 0 Å². The Kier molecular flexibility index (Phi) is 5.06. The lowest BCUT2D eigenvalue weighted by Crippen LogP contribution is -2.00. The zero-order valence-electron chi connectivity index (χ0n) is 10.7. The molecule has 1 nitrogen and oxygen atoms in total. The van der Waals surface area contributed by atoms with Gasteiger partial charge < -0.3 is 0 Å². The molecule has 2 aromatic carbocycles. The molecule has 0 amide bonds. The van der Waals surface area contributed by atoms with Gasteiger partial charge in [-0.05, 0) is 43.3 Å². The highest BCUT2D eigenvalue weighted by Gasteiger charge is 2.05. The van der Waals surface area contributed by atoms with E-state index < -0.39 is 0 Å². The fraction of sp³-hybridized carbons (Fsp3) is 0.188. The summed E-state index contributed by atoms with van der Waals surface area (Å²) in [6.45, 7) is 2.07. The van der Waals surface area contributed by atoms with E-state index in [1.54, 1.807) is 36.0 Å². The van der Waals surface area contributed by atoms with E-state index in [4.69, 9.17) is 11.6 Å². The van der Waals surface area contributed by atoms with Crippen LogP contribution in [-0.4, -0.2) is 11.5 Å². The van der Waals surface area contributed by atoms with Crippen LogP contribution in [0.4, 0.5) is 0 Å². The average Bonchev–Trinajstić information content (AvgIpc) is 2.41. The summed E-state index contributed by atoms with van der Waals surface area (Å²) in [6, 6.07) is 15.4. The fourth-order valence-electron chi connectivity index (χ4n) is 1.68. The van der Waals surface area contributed by atoms with Crippen LogP contribution in [0.25, 0.3) is 0 Å². The Labute approximate surface area is 123 Å². The number of hydrogen-bond acceptors (Lipinski definition) is 2. The average molecular weight is 291 g/mol. The van der Waals surface area contributed by atoms with Crippen molar-refractivity contribution in [2.24, 2.45) is 0 Å².